The Balaban J connectivity index is 1.19. The normalized spacial score (nSPS) is 19.0. The molecule has 3 heterocycles. The van der Waals surface area contributed by atoms with E-state index in [1.807, 2.05) is 0 Å². The highest BCUT2D eigenvalue weighted by molar-refractivity contribution is 7.52. The number of aliphatic hydroxyl groups excluding tert-OH is 1. The van der Waals surface area contributed by atoms with Gasteiger partial charge in [0.2, 0.25) is 0 Å². The summed E-state index contributed by atoms with van der Waals surface area (Å²) < 4.78 is 82.3. The summed E-state index contributed by atoms with van der Waals surface area (Å²) >= 11 is 0. The number of hydrogen-bond donors (Lipinski definition) is 3. The summed E-state index contributed by atoms with van der Waals surface area (Å²) in [5, 5.41) is 13.9. The molecule has 17 heteroatoms. The van der Waals surface area contributed by atoms with Gasteiger partial charge in [-0.1, -0.05) is 127 Å². The predicted molar refractivity (Wildman–Crippen MR) is 230 cm³/mol. The van der Waals surface area contributed by atoms with Gasteiger partial charge in [0, 0.05) is 12.5 Å². The van der Waals surface area contributed by atoms with Crippen molar-refractivity contribution in [1.29, 1.82) is 0 Å². The van der Waals surface area contributed by atoms with Crippen LogP contribution < -0.4 is 15.3 Å². The highest BCUT2D eigenvalue weighted by Gasteiger charge is 2.50. The molecule has 0 aliphatic carbocycles. The molecule has 2 aromatic carbocycles. The third-order valence-corrected chi connectivity index (χ3v) is 12.5. The van der Waals surface area contributed by atoms with Crippen molar-refractivity contribution in [1.82, 2.24) is 24.6 Å². The Labute approximate surface area is 362 Å². The molecule has 0 bridgehead atoms. The first-order chi connectivity index (χ1) is 29.9. The number of fused-ring (bicyclic) bond motifs is 1. The maximum atomic E-state index is 14.7. The van der Waals surface area contributed by atoms with Crippen molar-refractivity contribution in [3.63, 3.8) is 0 Å². The summed E-state index contributed by atoms with van der Waals surface area (Å²) in [6.45, 7) is 1.55. The van der Waals surface area contributed by atoms with E-state index in [9.17, 15) is 27.6 Å². The van der Waals surface area contributed by atoms with Crippen LogP contribution in [0.25, 0.3) is 11.2 Å². The van der Waals surface area contributed by atoms with Crippen molar-refractivity contribution >= 4 is 30.7 Å². The lowest BCUT2D eigenvalue weighted by Gasteiger charge is -2.30. The molecular weight excluding hydrogens is 824 g/mol. The van der Waals surface area contributed by atoms with Gasteiger partial charge >= 0.3 is 19.8 Å². The van der Waals surface area contributed by atoms with Gasteiger partial charge in [-0.2, -0.15) is 19.4 Å². The van der Waals surface area contributed by atoms with E-state index in [-0.39, 0.29) is 47.7 Å². The van der Waals surface area contributed by atoms with Gasteiger partial charge in [0.05, 0.1) is 12.9 Å². The zero-order valence-electron chi connectivity index (χ0n) is 35.5. The molecule has 5 rings (SSSR count). The Hall–Kier alpha value is -4.52. The van der Waals surface area contributed by atoms with Gasteiger partial charge in [-0.15, -0.1) is 6.42 Å². The number of terminal acetylenes is 1. The standard InChI is InChI=1S/C45H60F3N6O7P/c1-3-5-6-7-8-9-10-11-12-13-14-15-16-17-18-22-25-58-43(56)37(28-33-26-34(46)29-35(47)27-33)53-62(57,61-36-23-20-19-21-24-36)59-31-45(4-2)38(55)30-39(60-45)54-32-50-40-41(49)51-44(48)52-42(40)54/h2,19-21,23-24,26-27,29,32,37-39,55H,3,5-18,22,25,28,30-31H2,1H3,(H,53,57)(H2,49,51,52)/t37-,38-,39+,45+,62+/m0/s1. The number of ether oxygens (including phenoxy) is 2. The number of nitrogens with two attached hydrogens (primary N) is 1. The Morgan fingerprint density at radius 1 is 0.968 bits per heavy atom. The lowest BCUT2D eigenvalue weighted by Crippen LogP contribution is -2.44. The van der Waals surface area contributed by atoms with Crippen LogP contribution in [0, 0.1) is 30.1 Å². The number of anilines is 1. The Morgan fingerprint density at radius 2 is 1.56 bits per heavy atom. The molecule has 338 valence electrons. The van der Waals surface area contributed by atoms with Gasteiger partial charge in [0.25, 0.3) is 0 Å². The molecule has 0 amide bonds. The number of carbonyl (C=O) groups is 1. The number of para-hydroxylation sites is 1. The Bertz CT molecular complexity index is 2090. The number of halogens is 3. The summed E-state index contributed by atoms with van der Waals surface area (Å²) in [6.07, 6.45) is 22.1. The number of imidazole rings is 1. The van der Waals surface area contributed by atoms with E-state index in [0.29, 0.717) is 12.5 Å². The van der Waals surface area contributed by atoms with E-state index >= 15 is 0 Å². The van der Waals surface area contributed by atoms with Gasteiger partial charge < -0.3 is 24.8 Å². The molecule has 62 heavy (non-hydrogen) atoms. The second-order valence-corrected chi connectivity index (χ2v) is 17.6. The zero-order valence-corrected chi connectivity index (χ0v) is 36.4. The molecule has 0 radical (unpaired) electrons. The van der Waals surface area contributed by atoms with Gasteiger partial charge in [-0.25, -0.2) is 18.3 Å². The van der Waals surface area contributed by atoms with Crippen LogP contribution in [0.5, 0.6) is 5.75 Å². The smallest absolute Gasteiger partial charge is 0.459 e. The number of nitrogen functional groups attached to an aromatic ring is 1. The Kier molecular flexibility index (Phi) is 19.1. The van der Waals surface area contributed by atoms with Crippen LogP contribution >= 0.6 is 7.75 Å². The van der Waals surface area contributed by atoms with Crippen molar-refractivity contribution < 1.29 is 46.2 Å². The minimum atomic E-state index is -4.69. The number of nitrogens with one attached hydrogen (secondary N) is 1. The van der Waals surface area contributed by atoms with Crippen LogP contribution in [0.1, 0.15) is 128 Å². The molecule has 4 aromatic rings. The largest absolute Gasteiger partial charge is 0.465 e. The second-order valence-electron chi connectivity index (χ2n) is 15.9. The van der Waals surface area contributed by atoms with Crippen molar-refractivity contribution in [2.45, 2.75) is 146 Å². The molecule has 5 atom stereocenters. The topological polar surface area (TPSA) is 173 Å². The highest BCUT2D eigenvalue weighted by atomic mass is 31.2. The highest BCUT2D eigenvalue weighted by Crippen LogP contribution is 2.48. The minimum Gasteiger partial charge on any atom is -0.465 e. The third-order valence-electron chi connectivity index (χ3n) is 10.9. The van der Waals surface area contributed by atoms with Crippen LogP contribution in [-0.2, 0) is 29.8 Å². The van der Waals surface area contributed by atoms with E-state index in [0.717, 1.165) is 37.8 Å². The van der Waals surface area contributed by atoms with Crippen molar-refractivity contribution in [2.75, 3.05) is 18.9 Å². The number of benzene rings is 2. The Morgan fingerprint density at radius 3 is 2.16 bits per heavy atom. The summed E-state index contributed by atoms with van der Waals surface area (Å²) in [4.78, 5) is 25.1. The SMILES string of the molecule is C#C[C@]1(CO[P@](=O)(N[C@@H](Cc2cc(F)cc(F)c2)C(=O)OCCCCCCCCCCCCCCCCCC)Oc2ccccc2)O[C@@H](n2cnc3c(N)nc(F)nc32)C[C@@H]1O. The maximum Gasteiger partial charge on any atom is 0.459 e. The zero-order chi connectivity index (χ0) is 44.4. The molecule has 1 saturated heterocycles. The average molecular weight is 885 g/mol. The summed E-state index contributed by atoms with van der Waals surface area (Å²) in [6, 6.07) is 9.21. The lowest BCUT2D eigenvalue weighted by atomic mass is 9.99. The summed E-state index contributed by atoms with van der Waals surface area (Å²) in [7, 11) is -4.69. The van der Waals surface area contributed by atoms with Crippen molar-refractivity contribution in [2.24, 2.45) is 0 Å². The molecule has 0 unspecified atom stereocenters. The lowest BCUT2D eigenvalue weighted by molar-refractivity contribution is -0.146. The number of nitrogens with zero attached hydrogens (tertiary/aromatic N) is 4. The van der Waals surface area contributed by atoms with E-state index in [2.05, 4.69) is 32.9 Å². The second kappa shape index (κ2) is 24.4. The van der Waals surface area contributed by atoms with Gasteiger partial charge in [0.15, 0.2) is 22.6 Å². The fraction of sp³-hybridized carbons (Fsp3) is 0.556. The van der Waals surface area contributed by atoms with E-state index in [1.54, 1.807) is 18.2 Å². The number of carbonyl (C=O) groups excluding carboxylic acids is 1. The maximum absolute atomic E-state index is 14.7. The minimum absolute atomic E-state index is 0.0181. The van der Waals surface area contributed by atoms with Crippen LogP contribution in [0.2, 0.25) is 0 Å². The number of aliphatic hydroxyl groups is 1. The van der Waals surface area contributed by atoms with Crippen LogP contribution in [0.4, 0.5) is 19.0 Å². The monoisotopic (exact) mass is 884 g/mol. The summed E-state index contributed by atoms with van der Waals surface area (Å²) in [5.41, 5.74) is 4.00. The molecule has 1 fully saturated rings. The summed E-state index contributed by atoms with van der Waals surface area (Å²) in [5.74, 6) is -0.356. The number of rotatable bonds is 28. The van der Waals surface area contributed by atoms with E-state index in [4.69, 9.17) is 30.7 Å². The van der Waals surface area contributed by atoms with Crippen LogP contribution in [-0.4, -0.2) is 61.6 Å². The number of hydrogen-bond acceptors (Lipinski definition) is 11. The van der Waals surface area contributed by atoms with Gasteiger partial charge in [-0.3, -0.25) is 13.9 Å². The average Bonchev–Trinajstić information content (AvgIpc) is 3.81. The molecule has 1 aliphatic heterocycles. The predicted octanol–water partition coefficient (Wildman–Crippen LogP) is 9.69. The fourth-order valence-electron chi connectivity index (χ4n) is 7.50. The third kappa shape index (κ3) is 14.5. The first kappa shape index (κ1) is 48.5. The molecule has 0 spiro atoms. The first-order valence-electron chi connectivity index (χ1n) is 21.8. The number of unbranched alkanes of at least 4 members (excludes halogenated alkanes) is 15. The molecule has 2 aromatic heterocycles. The van der Waals surface area contributed by atoms with Crippen LogP contribution in [0.3, 0.4) is 0 Å². The quantitative estimate of drug-likeness (QED) is 0.0162. The van der Waals surface area contributed by atoms with E-state index < -0.39 is 62.0 Å². The fourth-order valence-corrected chi connectivity index (χ4v) is 9.02. The van der Waals surface area contributed by atoms with Gasteiger partial charge in [-0.05, 0) is 42.7 Å². The molecule has 13 nitrogen and oxygen atoms in total. The first-order valence-corrected chi connectivity index (χ1v) is 23.4. The number of aromatic nitrogens is 4. The molecule has 1 aliphatic rings. The van der Waals surface area contributed by atoms with Crippen molar-refractivity contribution in [3.8, 4) is 18.1 Å². The molecule has 0 saturated carbocycles. The van der Waals surface area contributed by atoms with E-state index in [1.165, 1.54) is 93.7 Å². The van der Waals surface area contributed by atoms with Gasteiger partial charge in [0.1, 0.15) is 42.4 Å². The van der Waals surface area contributed by atoms with Crippen LogP contribution in [0.15, 0.2) is 54.9 Å². The molecular formula is C45H60F3N6O7P. The van der Waals surface area contributed by atoms with Crippen molar-refractivity contribution in [3.05, 3.63) is 78.1 Å². The molecule has 4 N–H and O–H groups in total. The number of esters is 1.